The van der Waals surface area contributed by atoms with Gasteiger partial charge in [-0.15, -0.1) is 0 Å². The average molecular weight is 341 g/mol. The zero-order valence-corrected chi connectivity index (χ0v) is 13.2. The van der Waals surface area contributed by atoms with Gasteiger partial charge in [0.05, 0.1) is 18.2 Å². The van der Waals surface area contributed by atoms with Gasteiger partial charge in [0.25, 0.3) is 5.91 Å². The molecule has 5 nitrogen and oxygen atoms in total. The predicted molar refractivity (Wildman–Crippen MR) is 83.9 cm³/mol. The van der Waals surface area contributed by atoms with Gasteiger partial charge in [-0.1, -0.05) is 18.2 Å². The van der Waals surface area contributed by atoms with Crippen molar-refractivity contribution in [3.05, 3.63) is 70.8 Å². The van der Waals surface area contributed by atoms with Crippen molar-refractivity contribution in [1.29, 1.82) is 5.26 Å². The lowest BCUT2D eigenvalue weighted by Gasteiger charge is -2.22. The van der Waals surface area contributed by atoms with Crippen LogP contribution in [0.4, 0.5) is 13.6 Å². The first-order valence-electron chi connectivity index (χ1n) is 7.44. The van der Waals surface area contributed by atoms with Crippen LogP contribution >= 0.6 is 0 Å². The van der Waals surface area contributed by atoms with Crippen molar-refractivity contribution in [2.24, 2.45) is 0 Å². The number of carbonyl (C=O) groups is 2. The Morgan fingerprint density at radius 2 is 1.92 bits per heavy atom. The molecule has 2 aromatic carbocycles. The fourth-order valence-corrected chi connectivity index (χ4v) is 2.77. The second-order valence-electron chi connectivity index (χ2n) is 5.89. The van der Waals surface area contributed by atoms with Crippen LogP contribution < -0.4 is 5.32 Å². The highest BCUT2D eigenvalue weighted by atomic mass is 19.2. The minimum absolute atomic E-state index is 0.0283. The van der Waals surface area contributed by atoms with E-state index in [1.54, 1.807) is 24.3 Å². The van der Waals surface area contributed by atoms with E-state index in [4.69, 9.17) is 5.26 Å². The number of carbonyl (C=O) groups excluding carboxylic acids is 2. The highest BCUT2D eigenvalue weighted by Crippen LogP contribution is 2.30. The van der Waals surface area contributed by atoms with Gasteiger partial charge in [-0.3, -0.25) is 9.69 Å². The van der Waals surface area contributed by atoms with Crippen LogP contribution in [0.1, 0.15) is 23.6 Å². The molecule has 1 aliphatic heterocycles. The van der Waals surface area contributed by atoms with E-state index in [0.29, 0.717) is 11.1 Å². The normalized spacial score (nSPS) is 19.7. The third-order valence-electron chi connectivity index (χ3n) is 4.17. The Hall–Kier alpha value is -3.27. The Labute approximate surface area is 142 Å². The van der Waals surface area contributed by atoms with Crippen molar-refractivity contribution in [3.63, 3.8) is 0 Å². The summed E-state index contributed by atoms with van der Waals surface area (Å²) in [6.45, 7) is 1.41. The molecule has 25 heavy (non-hydrogen) atoms. The molecule has 1 aliphatic rings. The van der Waals surface area contributed by atoms with Gasteiger partial charge >= 0.3 is 6.03 Å². The van der Waals surface area contributed by atoms with Crippen LogP contribution in [-0.2, 0) is 16.9 Å². The molecule has 2 aromatic rings. The molecular formula is C18H13F2N3O2. The monoisotopic (exact) mass is 341 g/mol. The zero-order valence-electron chi connectivity index (χ0n) is 13.2. The van der Waals surface area contributed by atoms with E-state index < -0.39 is 29.1 Å². The summed E-state index contributed by atoms with van der Waals surface area (Å²) in [6.07, 6.45) is 0. The number of nitrogens with zero attached hydrogens (tertiary/aromatic N) is 2. The summed E-state index contributed by atoms with van der Waals surface area (Å²) in [6, 6.07) is 10.9. The van der Waals surface area contributed by atoms with Crippen LogP contribution in [0, 0.1) is 23.0 Å². The molecule has 0 aliphatic carbocycles. The molecule has 1 atom stereocenters. The lowest BCUT2D eigenvalue weighted by Crippen LogP contribution is -2.41. The van der Waals surface area contributed by atoms with Crippen LogP contribution in [0.3, 0.4) is 0 Å². The lowest BCUT2D eigenvalue weighted by atomic mass is 9.92. The summed E-state index contributed by atoms with van der Waals surface area (Å²) < 4.78 is 26.6. The smallest absolute Gasteiger partial charge is 0.319 e. The largest absolute Gasteiger partial charge is 0.325 e. The van der Waals surface area contributed by atoms with Crippen molar-refractivity contribution < 1.29 is 18.4 Å². The molecule has 3 rings (SSSR count). The molecule has 1 fully saturated rings. The number of benzene rings is 2. The number of halogens is 2. The Morgan fingerprint density at radius 3 is 2.60 bits per heavy atom. The molecule has 0 bridgehead atoms. The molecule has 1 N–H and O–H groups in total. The molecule has 0 saturated carbocycles. The van der Waals surface area contributed by atoms with E-state index in [2.05, 4.69) is 5.32 Å². The number of hydrogen-bond donors (Lipinski definition) is 1. The molecule has 1 heterocycles. The molecule has 126 valence electrons. The quantitative estimate of drug-likeness (QED) is 0.873. The van der Waals surface area contributed by atoms with Gasteiger partial charge in [0, 0.05) is 0 Å². The lowest BCUT2D eigenvalue weighted by molar-refractivity contribution is -0.131. The number of nitriles is 1. The molecule has 3 amide bonds. The van der Waals surface area contributed by atoms with E-state index in [-0.39, 0.29) is 12.1 Å². The first kappa shape index (κ1) is 16.6. The molecular weight excluding hydrogens is 328 g/mol. The number of rotatable bonds is 3. The maximum Gasteiger partial charge on any atom is 0.325 e. The maximum atomic E-state index is 13.5. The second kappa shape index (κ2) is 5.98. The van der Waals surface area contributed by atoms with Crippen molar-refractivity contribution in [3.8, 4) is 6.07 Å². The fraction of sp³-hybridized carbons (Fsp3) is 0.167. The van der Waals surface area contributed by atoms with Crippen molar-refractivity contribution in [1.82, 2.24) is 10.2 Å². The topological polar surface area (TPSA) is 73.2 Å². The molecule has 0 radical (unpaired) electrons. The first-order chi connectivity index (χ1) is 11.8. The van der Waals surface area contributed by atoms with Crippen LogP contribution in [0.2, 0.25) is 0 Å². The van der Waals surface area contributed by atoms with Gasteiger partial charge in [0.1, 0.15) is 5.54 Å². The van der Waals surface area contributed by atoms with Gasteiger partial charge in [-0.05, 0) is 42.3 Å². The SMILES string of the molecule is CC1(c2ccc(F)c(F)c2)NC(=O)N(Cc2cccc(C#N)c2)C1=O. The van der Waals surface area contributed by atoms with Crippen LogP contribution in [0.15, 0.2) is 42.5 Å². The van der Waals surface area contributed by atoms with Crippen molar-refractivity contribution in [2.75, 3.05) is 0 Å². The van der Waals surface area contributed by atoms with E-state index >= 15 is 0 Å². The highest BCUT2D eigenvalue weighted by Gasteiger charge is 2.49. The number of urea groups is 1. The maximum absolute atomic E-state index is 13.5. The van der Waals surface area contributed by atoms with Crippen LogP contribution in [0.25, 0.3) is 0 Å². The summed E-state index contributed by atoms with van der Waals surface area (Å²) in [5.41, 5.74) is -0.318. The summed E-state index contributed by atoms with van der Waals surface area (Å²) >= 11 is 0. The van der Waals surface area contributed by atoms with Crippen molar-refractivity contribution >= 4 is 11.9 Å². The Balaban J connectivity index is 1.91. The Kier molecular flexibility index (Phi) is 3.97. The fourth-order valence-electron chi connectivity index (χ4n) is 2.77. The average Bonchev–Trinajstić information content (AvgIpc) is 2.81. The summed E-state index contributed by atoms with van der Waals surface area (Å²) in [5.74, 6) is -2.71. The van der Waals surface area contributed by atoms with Gasteiger partial charge in [0.15, 0.2) is 11.6 Å². The minimum atomic E-state index is -1.49. The predicted octanol–water partition coefficient (Wildman–Crippen LogP) is 2.80. The van der Waals surface area contributed by atoms with Gasteiger partial charge in [-0.2, -0.15) is 5.26 Å². The van der Waals surface area contributed by atoms with E-state index in [1.165, 1.54) is 13.0 Å². The standard InChI is InChI=1S/C18H13F2N3O2/c1-18(13-5-6-14(19)15(20)8-13)16(24)23(17(25)22-18)10-12-4-2-3-11(7-12)9-21/h2-8H,10H2,1H3,(H,22,25). The third kappa shape index (κ3) is 2.83. The van der Waals surface area contributed by atoms with Gasteiger partial charge < -0.3 is 5.32 Å². The zero-order chi connectivity index (χ0) is 18.2. The van der Waals surface area contributed by atoms with Crippen molar-refractivity contribution in [2.45, 2.75) is 19.0 Å². The molecule has 1 unspecified atom stereocenters. The number of hydrogen-bond acceptors (Lipinski definition) is 3. The Bertz CT molecular complexity index is 923. The summed E-state index contributed by atoms with van der Waals surface area (Å²) in [7, 11) is 0. The van der Waals surface area contributed by atoms with Crippen LogP contribution in [0.5, 0.6) is 0 Å². The molecule has 7 heteroatoms. The van der Waals surface area contributed by atoms with Gasteiger partial charge in [0.2, 0.25) is 0 Å². The minimum Gasteiger partial charge on any atom is -0.319 e. The van der Waals surface area contributed by atoms with Crippen LogP contribution in [-0.4, -0.2) is 16.8 Å². The first-order valence-corrected chi connectivity index (χ1v) is 7.44. The number of imide groups is 1. The van der Waals surface area contributed by atoms with Gasteiger partial charge in [-0.25, -0.2) is 13.6 Å². The Morgan fingerprint density at radius 1 is 1.16 bits per heavy atom. The molecule has 0 spiro atoms. The van der Waals surface area contributed by atoms with E-state index in [9.17, 15) is 18.4 Å². The third-order valence-corrected chi connectivity index (χ3v) is 4.17. The number of amides is 3. The molecule has 0 aromatic heterocycles. The van der Waals surface area contributed by atoms with E-state index in [1.807, 2.05) is 6.07 Å². The summed E-state index contributed by atoms with van der Waals surface area (Å²) in [4.78, 5) is 26.0. The highest BCUT2D eigenvalue weighted by molar-refractivity contribution is 6.07. The number of nitrogens with one attached hydrogen (secondary N) is 1. The molecule has 1 saturated heterocycles. The van der Waals surface area contributed by atoms with E-state index in [0.717, 1.165) is 17.0 Å². The summed E-state index contributed by atoms with van der Waals surface area (Å²) in [5, 5.41) is 11.5. The second-order valence-corrected chi connectivity index (χ2v) is 5.89.